The van der Waals surface area contributed by atoms with Crippen LogP contribution in [-0.4, -0.2) is 27.9 Å². The zero-order valence-corrected chi connectivity index (χ0v) is 13.1. The van der Waals surface area contributed by atoms with Crippen molar-refractivity contribution in [3.63, 3.8) is 0 Å². The molecule has 1 rings (SSSR count). The Kier molecular flexibility index (Phi) is 6.04. The van der Waals surface area contributed by atoms with Crippen molar-refractivity contribution in [1.29, 1.82) is 0 Å². The summed E-state index contributed by atoms with van der Waals surface area (Å²) in [6.45, 7) is 4.65. The molecule has 0 spiro atoms. The van der Waals surface area contributed by atoms with Crippen molar-refractivity contribution in [2.75, 3.05) is 0 Å². The highest BCUT2D eigenvalue weighted by Crippen LogP contribution is 2.39. The Morgan fingerprint density at radius 1 is 1.32 bits per heavy atom. The zero-order valence-electron chi connectivity index (χ0n) is 12.3. The van der Waals surface area contributed by atoms with Crippen LogP contribution in [0.2, 0.25) is 0 Å². The van der Waals surface area contributed by atoms with Crippen molar-refractivity contribution in [3.8, 4) is 5.75 Å². The Labute approximate surface area is 127 Å². The second kappa shape index (κ2) is 7.35. The SMILES string of the molecule is CC(C)OC(=O)[C@H](C)NP(=O)(O)Oc1ccc([N+](=O)[O-])cc1. The molecule has 10 heteroatoms. The number of carbonyl (C=O) groups excluding carboxylic acids is 1. The first-order valence-corrected chi connectivity index (χ1v) is 7.93. The van der Waals surface area contributed by atoms with Gasteiger partial charge in [0.15, 0.2) is 0 Å². The normalized spacial score (nSPS) is 15.0. The number of nitro benzene ring substituents is 1. The van der Waals surface area contributed by atoms with Crippen molar-refractivity contribution in [2.45, 2.75) is 32.9 Å². The van der Waals surface area contributed by atoms with Gasteiger partial charge in [-0.15, -0.1) is 0 Å². The standard InChI is InChI=1S/C12H17N2O7P/c1-8(2)20-12(15)9(3)13-22(18,19)21-11-6-4-10(5-7-11)14(16)17/h4-9H,1-3H3,(H2,13,18,19)/t9-/m0/s1. The van der Waals surface area contributed by atoms with Gasteiger partial charge in [0.25, 0.3) is 5.69 Å². The highest BCUT2D eigenvalue weighted by molar-refractivity contribution is 7.51. The Morgan fingerprint density at radius 2 is 1.86 bits per heavy atom. The molecule has 0 aliphatic rings. The Balaban J connectivity index is 2.68. The molecule has 0 radical (unpaired) electrons. The molecule has 0 saturated heterocycles. The summed E-state index contributed by atoms with van der Waals surface area (Å²) in [5.74, 6) is -0.745. The van der Waals surface area contributed by atoms with E-state index in [2.05, 4.69) is 5.09 Å². The molecule has 1 aromatic rings. The maximum Gasteiger partial charge on any atom is 0.456 e. The molecule has 0 heterocycles. The first-order valence-electron chi connectivity index (χ1n) is 6.36. The third-order valence-electron chi connectivity index (χ3n) is 2.34. The summed E-state index contributed by atoms with van der Waals surface area (Å²) >= 11 is 0. The second-order valence-corrected chi connectivity index (χ2v) is 6.18. The lowest BCUT2D eigenvalue weighted by Gasteiger charge is -2.19. The zero-order chi connectivity index (χ0) is 16.9. The molecule has 22 heavy (non-hydrogen) atoms. The van der Waals surface area contributed by atoms with Gasteiger partial charge in [-0.25, -0.2) is 4.57 Å². The summed E-state index contributed by atoms with van der Waals surface area (Å²) in [4.78, 5) is 31.1. The molecule has 9 nitrogen and oxygen atoms in total. The van der Waals surface area contributed by atoms with Crippen molar-refractivity contribution in [3.05, 3.63) is 34.4 Å². The first-order chi connectivity index (χ1) is 10.1. The molecule has 1 aromatic carbocycles. The third kappa shape index (κ3) is 5.80. The predicted molar refractivity (Wildman–Crippen MR) is 77.4 cm³/mol. The van der Waals surface area contributed by atoms with Gasteiger partial charge in [0, 0.05) is 12.1 Å². The molecule has 0 aliphatic carbocycles. The number of nitro groups is 1. The van der Waals surface area contributed by atoms with E-state index < -0.39 is 24.7 Å². The van der Waals surface area contributed by atoms with Crippen LogP contribution in [0.4, 0.5) is 5.69 Å². The number of hydrogen-bond acceptors (Lipinski definition) is 6. The fourth-order valence-electron chi connectivity index (χ4n) is 1.43. The van der Waals surface area contributed by atoms with Gasteiger partial charge < -0.3 is 14.2 Å². The number of carbonyl (C=O) groups is 1. The van der Waals surface area contributed by atoms with Crippen LogP contribution in [0.3, 0.4) is 0 Å². The molecule has 0 fully saturated rings. The third-order valence-corrected chi connectivity index (χ3v) is 3.51. The van der Waals surface area contributed by atoms with Crippen LogP contribution < -0.4 is 9.61 Å². The number of rotatable bonds is 7. The van der Waals surface area contributed by atoms with Crippen LogP contribution in [0.15, 0.2) is 24.3 Å². The number of benzene rings is 1. The minimum atomic E-state index is -4.33. The van der Waals surface area contributed by atoms with E-state index in [0.717, 1.165) is 12.1 Å². The number of ether oxygens (including phenoxy) is 1. The number of nitrogens with zero attached hydrogens (tertiary/aromatic N) is 1. The van der Waals surface area contributed by atoms with Crippen LogP contribution in [-0.2, 0) is 14.1 Å². The quantitative estimate of drug-likeness (QED) is 0.336. The van der Waals surface area contributed by atoms with Crippen molar-refractivity contribution < 1.29 is 28.4 Å². The summed E-state index contributed by atoms with van der Waals surface area (Å²) in [7, 11) is -4.33. The van der Waals surface area contributed by atoms with Crippen molar-refractivity contribution in [2.24, 2.45) is 0 Å². The van der Waals surface area contributed by atoms with E-state index in [4.69, 9.17) is 9.26 Å². The highest BCUT2D eigenvalue weighted by Gasteiger charge is 2.28. The summed E-state index contributed by atoms with van der Waals surface area (Å²) in [6, 6.07) is 3.56. The van der Waals surface area contributed by atoms with E-state index in [1.54, 1.807) is 13.8 Å². The van der Waals surface area contributed by atoms with Gasteiger partial charge in [0.05, 0.1) is 11.0 Å². The fraction of sp³-hybridized carbons (Fsp3) is 0.417. The maximum atomic E-state index is 11.9. The Morgan fingerprint density at radius 3 is 2.32 bits per heavy atom. The lowest BCUT2D eigenvalue weighted by Crippen LogP contribution is -2.35. The van der Waals surface area contributed by atoms with Gasteiger partial charge in [0.2, 0.25) is 0 Å². The smallest absolute Gasteiger partial charge is 0.456 e. The topological polar surface area (TPSA) is 128 Å². The summed E-state index contributed by atoms with van der Waals surface area (Å²) in [6.07, 6.45) is -0.356. The molecule has 0 saturated carbocycles. The number of non-ortho nitro benzene ring substituents is 1. The molecular weight excluding hydrogens is 315 g/mol. The summed E-state index contributed by atoms with van der Waals surface area (Å²) in [5.41, 5.74) is -0.179. The molecule has 0 aromatic heterocycles. The highest BCUT2D eigenvalue weighted by atomic mass is 31.2. The van der Waals surface area contributed by atoms with Crippen LogP contribution in [0.1, 0.15) is 20.8 Å². The van der Waals surface area contributed by atoms with Gasteiger partial charge in [-0.05, 0) is 32.9 Å². The molecular formula is C12H17N2O7P. The average molecular weight is 332 g/mol. The molecule has 0 bridgehead atoms. The van der Waals surface area contributed by atoms with Crippen LogP contribution in [0.25, 0.3) is 0 Å². The van der Waals surface area contributed by atoms with Gasteiger partial charge >= 0.3 is 13.7 Å². The van der Waals surface area contributed by atoms with Gasteiger partial charge in [0.1, 0.15) is 11.8 Å². The minimum absolute atomic E-state index is 0.0478. The van der Waals surface area contributed by atoms with Crippen molar-refractivity contribution in [1.82, 2.24) is 5.09 Å². The van der Waals surface area contributed by atoms with E-state index in [9.17, 15) is 24.4 Å². The molecule has 2 atom stereocenters. The molecule has 0 amide bonds. The Hall–Kier alpha value is -1.96. The first kappa shape index (κ1) is 18.1. The molecule has 0 aliphatic heterocycles. The van der Waals surface area contributed by atoms with Crippen LogP contribution in [0, 0.1) is 10.1 Å². The number of nitrogens with one attached hydrogen (secondary N) is 1. The van der Waals surface area contributed by atoms with Crippen LogP contribution in [0.5, 0.6) is 5.75 Å². The van der Waals surface area contributed by atoms with Gasteiger partial charge in [-0.2, -0.15) is 5.09 Å². The lowest BCUT2D eigenvalue weighted by molar-refractivity contribution is -0.384. The largest absolute Gasteiger partial charge is 0.462 e. The minimum Gasteiger partial charge on any atom is -0.462 e. The van der Waals surface area contributed by atoms with Crippen LogP contribution >= 0.6 is 7.75 Å². The number of hydrogen-bond donors (Lipinski definition) is 2. The van der Waals surface area contributed by atoms with Gasteiger partial charge in [-0.3, -0.25) is 14.9 Å². The average Bonchev–Trinajstić information content (AvgIpc) is 2.37. The van der Waals surface area contributed by atoms with Gasteiger partial charge in [-0.1, -0.05) is 0 Å². The molecule has 1 unspecified atom stereocenters. The molecule has 122 valence electrons. The second-order valence-electron chi connectivity index (χ2n) is 4.70. The molecule has 2 N–H and O–H groups in total. The van der Waals surface area contributed by atoms with E-state index in [-0.39, 0.29) is 17.5 Å². The monoisotopic (exact) mass is 332 g/mol. The van der Waals surface area contributed by atoms with E-state index in [0.29, 0.717) is 0 Å². The van der Waals surface area contributed by atoms with E-state index >= 15 is 0 Å². The Bertz CT molecular complexity index is 588. The summed E-state index contributed by atoms with van der Waals surface area (Å²) in [5, 5.41) is 12.6. The predicted octanol–water partition coefficient (Wildman–Crippen LogP) is 2.00. The van der Waals surface area contributed by atoms with Crippen molar-refractivity contribution >= 4 is 19.4 Å². The maximum absolute atomic E-state index is 11.9. The van der Waals surface area contributed by atoms with E-state index in [1.165, 1.54) is 19.1 Å². The summed E-state index contributed by atoms with van der Waals surface area (Å²) < 4.78 is 21.6. The number of esters is 1. The van der Waals surface area contributed by atoms with E-state index in [1.807, 2.05) is 0 Å². The fourth-order valence-corrected chi connectivity index (χ4v) is 2.48. The lowest BCUT2D eigenvalue weighted by atomic mass is 10.3.